The minimum absolute atomic E-state index is 0. The number of rotatable bonds is 8. The lowest BCUT2D eigenvalue weighted by atomic mass is 9.94. The second-order valence-electron chi connectivity index (χ2n) is 14.0. The number of likely N-dealkylation sites (tertiary alicyclic amines) is 2. The van der Waals surface area contributed by atoms with Crippen LogP contribution < -0.4 is 4.74 Å². The number of thioether (sulfide) groups is 1. The van der Waals surface area contributed by atoms with Crippen molar-refractivity contribution in [2.75, 3.05) is 31.9 Å². The maximum atomic E-state index is 11.0. The van der Waals surface area contributed by atoms with E-state index in [4.69, 9.17) is 4.74 Å². The number of ketones is 1. The number of carbonyl (C=O) groups is 1. The van der Waals surface area contributed by atoms with Gasteiger partial charge in [0, 0.05) is 56.0 Å². The number of benzene rings is 6. The average molecular weight is 887 g/mol. The topological polar surface area (TPSA) is 32.8 Å². The van der Waals surface area contributed by atoms with Crippen LogP contribution in [0.3, 0.4) is 0 Å². The Labute approximate surface area is 353 Å². The molecule has 1 aromatic heterocycles. The molecule has 6 aromatic carbocycles. The summed E-state index contributed by atoms with van der Waals surface area (Å²) in [5.41, 5.74) is 6.36. The Morgan fingerprint density at radius 2 is 1.02 bits per heavy atom. The van der Waals surface area contributed by atoms with Gasteiger partial charge in [0.1, 0.15) is 11.9 Å². The molecule has 7 heteroatoms. The summed E-state index contributed by atoms with van der Waals surface area (Å²) >= 11 is 5.92. The SMILES string of the molecule is C.IC1CN(C(c2ccccc2)c2ccccc2)C1.O=C1CSc2ccccc21.c1ccc(C(c2ccccc2)N2CC(Oc3csc4ccccc34)C2)cc1. The molecule has 2 fully saturated rings. The molecule has 0 spiro atoms. The van der Waals surface area contributed by atoms with Crippen LogP contribution in [0.5, 0.6) is 5.75 Å². The zero-order valence-electron chi connectivity index (χ0n) is 30.5. The van der Waals surface area contributed by atoms with Gasteiger partial charge in [0.05, 0.1) is 17.8 Å². The molecule has 0 aliphatic carbocycles. The number of ether oxygens (including phenoxy) is 1. The van der Waals surface area contributed by atoms with Crippen LogP contribution in [0.1, 0.15) is 52.1 Å². The molecule has 56 heavy (non-hydrogen) atoms. The van der Waals surface area contributed by atoms with E-state index in [0.29, 0.717) is 11.8 Å². The smallest absolute Gasteiger partial charge is 0.174 e. The van der Waals surface area contributed by atoms with Gasteiger partial charge in [-0.1, -0.05) is 182 Å². The summed E-state index contributed by atoms with van der Waals surface area (Å²) in [5, 5.41) is 3.36. The quantitative estimate of drug-likeness (QED) is 0.112. The van der Waals surface area contributed by atoms with Crippen LogP contribution in [0.25, 0.3) is 10.1 Å². The maximum Gasteiger partial charge on any atom is 0.174 e. The number of hydrogen-bond donors (Lipinski definition) is 0. The fourth-order valence-corrected chi connectivity index (χ4v) is 10.3. The molecular weight excluding hydrogens is 840 g/mol. The molecule has 0 bridgehead atoms. The summed E-state index contributed by atoms with van der Waals surface area (Å²) < 4.78 is 8.41. The van der Waals surface area contributed by atoms with Crippen molar-refractivity contribution in [3.8, 4) is 5.75 Å². The lowest BCUT2D eigenvalue weighted by molar-refractivity contribution is 0.00132. The second-order valence-corrected chi connectivity index (χ2v) is 17.7. The van der Waals surface area contributed by atoms with Crippen molar-refractivity contribution < 1.29 is 9.53 Å². The molecule has 0 radical (unpaired) electrons. The van der Waals surface area contributed by atoms with Crippen LogP contribution in [0, 0.1) is 0 Å². The van der Waals surface area contributed by atoms with Gasteiger partial charge < -0.3 is 4.74 Å². The third kappa shape index (κ3) is 9.47. The molecule has 4 heterocycles. The van der Waals surface area contributed by atoms with Crippen molar-refractivity contribution in [3.05, 3.63) is 203 Å². The Hall–Kier alpha value is -4.25. The molecule has 0 unspecified atom stereocenters. The maximum absolute atomic E-state index is 11.0. The first-order valence-corrected chi connectivity index (χ1v) is 21.9. The van der Waals surface area contributed by atoms with Crippen molar-refractivity contribution in [1.29, 1.82) is 0 Å². The van der Waals surface area contributed by atoms with Crippen molar-refractivity contribution in [3.63, 3.8) is 0 Å². The van der Waals surface area contributed by atoms with Gasteiger partial charge >= 0.3 is 0 Å². The Kier molecular flexibility index (Phi) is 13.7. The molecule has 0 amide bonds. The summed E-state index contributed by atoms with van der Waals surface area (Å²) in [6.45, 7) is 4.27. The number of hydrogen-bond acceptors (Lipinski definition) is 6. The van der Waals surface area contributed by atoms with Crippen LogP contribution in [0.4, 0.5) is 0 Å². The molecule has 0 atom stereocenters. The lowest BCUT2D eigenvalue weighted by Gasteiger charge is -2.44. The number of Topliss-reactive ketones (excluding diaryl/α,β-unsaturated/α-hetero) is 1. The van der Waals surface area contributed by atoms with E-state index in [1.54, 1.807) is 23.1 Å². The van der Waals surface area contributed by atoms with Crippen molar-refractivity contribution in [2.45, 2.75) is 34.4 Å². The molecule has 3 aliphatic rings. The predicted octanol–water partition coefficient (Wildman–Crippen LogP) is 12.3. The Morgan fingerprint density at radius 3 is 1.52 bits per heavy atom. The summed E-state index contributed by atoms with van der Waals surface area (Å²) in [4.78, 5) is 17.2. The molecule has 0 saturated carbocycles. The fraction of sp³-hybridized carbons (Fsp3) is 0.204. The number of nitrogens with zero attached hydrogens (tertiary/aromatic N) is 2. The number of alkyl halides is 1. The second kappa shape index (κ2) is 19.3. The summed E-state index contributed by atoms with van der Waals surface area (Å²) in [7, 11) is 0. The van der Waals surface area contributed by atoms with Crippen LogP contribution in [-0.4, -0.2) is 57.5 Å². The molecule has 3 aliphatic heterocycles. The number of thiophene rings is 1. The van der Waals surface area contributed by atoms with Gasteiger partial charge in [-0.25, -0.2) is 0 Å². The minimum atomic E-state index is 0. The Morgan fingerprint density at radius 1 is 0.571 bits per heavy atom. The van der Waals surface area contributed by atoms with Crippen LogP contribution in [-0.2, 0) is 0 Å². The largest absolute Gasteiger partial charge is 0.486 e. The van der Waals surface area contributed by atoms with Gasteiger partial charge in [-0.15, -0.1) is 23.1 Å². The first-order valence-electron chi connectivity index (χ1n) is 18.8. The number of carbonyl (C=O) groups excluding carboxylic acids is 1. The molecule has 2 saturated heterocycles. The zero-order chi connectivity index (χ0) is 37.4. The van der Waals surface area contributed by atoms with E-state index in [1.165, 1.54) is 45.4 Å². The normalized spacial score (nSPS) is 15.4. The summed E-state index contributed by atoms with van der Waals surface area (Å²) in [5.74, 6) is 1.91. The highest BCUT2D eigenvalue weighted by molar-refractivity contribution is 14.1. The molecule has 284 valence electrons. The van der Waals surface area contributed by atoms with Gasteiger partial charge in [-0.2, -0.15) is 0 Å². The lowest BCUT2D eigenvalue weighted by Crippen LogP contribution is -2.55. The van der Waals surface area contributed by atoms with E-state index in [1.807, 2.05) is 24.3 Å². The fourth-order valence-electron chi connectivity index (χ4n) is 7.46. The Balaban J connectivity index is 0.000000142. The van der Waals surface area contributed by atoms with Gasteiger partial charge in [0.15, 0.2) is 5.78 Å². The highest BCUT2D eigenvalue weighted by atomic mass is 127. The van der Waals surface area contributed by atoms with Gasteiger partial charge in [-0.3, -0.25) is 14.6 Å². The van der Waals surface area contributed by atoms with E-state index < -0.39 is 0 Å². The first-order chi connectivity index (χ1) is 27.1. The highest BCUT2D eigenvalue weighted by Crippen LogP contribution is 2.37. The van der Waals surface area contributed by atoms with Crippen LogP contribution >= 0.6 is 45.7 Å². The minimum Gasteiger partial charge on any atom is -0.486 e. The molecule has 7 aromatic rings. The van der Waals surface area contributed by atoms with Crippen molar-refractivity contribution in [2.24, 2.45) is 0 Å². The zero-order valence-corrected chi connectivity index (χ0v) is 34.3. The third-order valence-electron chi connectivity index (χ3n) is 10.2. The van der Waals surface area contributed by atoms with E-state index >= 15 is 0 Å². The van der Waals surface area contributed by atoms with E-state index in [9.17, 15) is 4.79 Å². The molecule has 10 rings (SSSR count). The monoisotopic (exact) mass is 886 g/mol. The van der Waals surface area contributed by atoms with Gasteiger partial charge in [0.2, 0.25) is 0 Å². The highest BCUT2D eigenvalue weighted by Gasteiger charge is 2.36. The number of halogens is 1. The third-order valence-corrected chi connectivity index (χ3v) is 13.0. The molecule has 4 nitrogen and oxygen atoms in total. The van der Waals surface area contributed by atoms with Gasteiger partial charge in [0.25, 0.3) is 0 Å². The Bertz CT molecular complexity index is 2200. The summed E-state index contributed by atoms with van der Waals surface area (Å²) in [6, 6.07) is 60.1. The van der Waals surface area contributed by atoms with Crippen molar-refractivity contribution in [1.82, 2.24) is 9.80 Å². The number of fused-ring (bicyclic) bond motifs is 2. The van der Waals surface area contributed by atoms with Crippen LogP contribution in [0.2, 0.25) is 0 Å². The predicted molar refractivity (Wildman–Crippen MR) is 245 cm³/mol. The molecular formula is C49H47IN2O2S2. The van der Waals surface area contributed by atoms with E-state index in [0.717, 1.165) is 33.2 Å². The van der Waals surface area contributed by atoms with Crippen LogP contribution in [0.15, 0.2) is 180 Å². The van der Waals surface area contributed by atoms with Crippen molar-refractivity contribution >= 4 is 61.6 Å². The molecule has 0 N–H and O–H groups in total. The summed E-state index contributed by atoms with van der Waals surface area (Å²) in [6.07, 6.45) is 0.248. The van der Waals surface area contributed by atoms with Gasteiger partial charge in [-0.05, 0) is 40.5 Å². The average Bonchev–Trinajstić information content (AvgIpc) is 3.81. The standard InChI is InChI=1S/C24H21NOS.C16H16IN.C8H6OS.CH4/c1-3-9-18(10-4-1)24(19-11-5-2-6-12-19)25-15-20(16-25)26-22-17-27-23-14-8-7-13-21(22)23;17-15-11-18(12-15)16(13-7-3-1-4-8-13)14-9-5-2-6-10-14;9-7-5-10-8-4-2-1-3-6(7)8;/h1-14,17,20,24H,15-16H2;1-10,15-16H,11-12H2;1-4H,5H2;1H4. The first kappa shape index (κ1) is 40.0. The van der Waals surface area contributed by atoms with E-state index in [-0.39, 0.29) is 25.4 Å². The van der Waals surface area contributed by atoms with E-state index in [2.05, 4.69) is 183 Å².